The van der Waals surface area contributed by atoms with E-state index in [0.717, 1.165) is 0 Å². The minimum absolute atomic E-state index is 0.232. The molecule has 0 fully saturated rings. The van der Waals surface area contributed by atoms with Crippen LogP contribution in [0.25, 0.3) is 0 Å². The predicted octanol–water partition coefficient (Wildman–Crippen LogP) is 4.61. The zero-order valence-electron chi connectivity index (χ0n) is 10.1. The first kappa shape index (κ1) is 16.8. The second-order valence-electron chi connectivity index (χ2n) is 3.60. The molecular formula is C9H19FNOPS3. The third kappa shape index (κ3) is 5.89. The van der Waals surface area contributed by atoms with Gasteiger partial charge in [-0.3, -0.25) is 4.57 Å². The molecule has 0 radical (unpaired) electrons. The average molecular weight is 303 g/mol. The van der Waals surface area contributed by atoms with E-state index >= 15 is 0 Å². The van der Waals surface area contributed by atoms with E-state index in [0.29, 0.717) is 6.42 Å². The van der Waals surface area contributed by atoms with E-state index in [-0.39, 0.29) is 11.0 Å². The van der Waals surface area contributed by atoms with Crippen molar-refractivity contribution in [2.24, 2.45) is 0 Å². The number of rotatable bonds is 8. The van der Waals surface area contributed by atoms with Crippen LogP contribution in [0.4, 0.5) is 4.39 Å². The normalized spacial score (nSPS) is 16.9. The van der Waals surface area contributed by atoms with Gasteiger partial charge in [0, 0.05) is 18.1 Å². The second kappa shape index (κ2) is 7.96. The Morgan fingerprint density at radius 2 is 2.12 bits per heavy atom. The van der Waals surface area contributed by atoms with E-state index < -0.39 is 11.9 Å². The molecule has 0 bridgehead atoms. The molecule has 0 rings (SSSR count). The molecule has 0 aliphatic rings. The summed E-state index contributed by atoms with van der Waals surface area (Å²) >= 11 is 7.35. The van der Waals surface area contributed by atoms with Gasteiger partial charge in [0.25, 0.3) is 5.70 Å². The van der Waals surface area contributed by atoms with Gasteiger partial charge in [-0.25, -0.2) is 4.39 Å². The third-order valence-electron chi connectivity index (χ3n) is 1.74. The highest BCUT2D eigenvalue weighted by atomic mass is 33.1. The summed E-state index contributed by atoms with van der Waals surface area (Å²) in [5, 5.41) is 0.232. The molecule has 0 N–H and O–H groups in total. The second-order valence-corrected chi connectivity index (χ2v) is 12.2. The molecule has 0 aliphatic heterocycles. The maximum Gasteiger partial charge on any atom is 0.280 e. The first-order valence-electron chi connectivity index (χ1n) is 5.11. The van der Waals surface area contributed by atoms with Crippen molar-refractivity contribution in [2.45, 2.75) is 38.6 Å². The Kier molecular flexibility index (Phi) is 8.33. The first-order chi connectivity index (χ1) is 7.35. The van der Waals surface area contributed by atoms with Crippen molar-refractivity contribution in [1.29, 1.82) is 0 Å². The van der Waals surface area contributed by atoms with E-state index in [4.69, 9.17) is 12.2 Å². The lowest BCUT2D eigenvalue weighted by Gasteiger charge is -2.26. The van der Waals surface area contributed by atoms with Crippen molar-refractivity contribution in [3.8, 4) is 0 Å². The molecule has 7 heteroatoms. The summed E-state index contributed by atoms with van der Waals surface area (Å²) in [5.74, 6) is 0.265. The van der Waals surface area contributed by atoms with Gasteiger partial charge in [0.05, 0.1) is 5.49 Å². The summed E-state index contributed by atoms with van der Waals surface area (Å²) in [6.07, 6.45) is -0.440. The van der Waals surface area contributed by atoms with Gasteiger partial charge in [-0.2, -0.15) is 0 Å². The van der Waals surface area contributed by atoms with Gasteiger partial charge in [-0.15, -0.1) is 0 Å². The highest BCUT2D eigenvalue weighted by Crippen LogP contribution is 2.71. The lowest BCUT2D eigenvalue weighted by molar-refractivity contribution is 0.359. The Balaban J connectivity index is 4.54. The summed E-state index contributed by atoms with van der Waals surface area (Å²) in [6, 6.07) is 0. The van der Waals surface area contributed by atoms with E-state index in [2.05, 4.69) is 0 Å². The van der Waals surface area contributed by atoms with Crippen LogP contribution in [0.15, 0.2) is 0 Å². The van der Waals surface area contributed by atoms with Crippen molar-refractivity contribution >= 4 is 46.2 Å². The van der Waals surface area contributed by atoms with Crippen LogP contribution in [0.5, 0.6) is 0 Å². The van der Waals surface area contributed by atoms with Gasteiger partial charge in [-0.05, 0) is 6.42 Å². The number of hydrogen-bond acceptors (Lipinski definition) is 4. The molecule has 0 spiro atoms. The maximum atomic E-state index is 13.2. The average Bonchev–Trinajstić information content (AvgIpc) is 2.23. The SMILES string of the molecule is CCC(F)CSP(=O)(SC(C)C)N(C)C=S. The van der Waals surface area contributed by atoms with Crippen molar-refractivity contribution in [1.82, 2.24) is 4.67 Å². The van der Waals surface area contributed by atoms with E-state index in [1.807, 2.05) is 13.8 Å². The first-order valence-corrected chi connectivity index (χ1v) is 10.3. The van der Waals surface area contributed by atoms with Crippen molar-refractivity contribution < 1.29 is 8.96 Å². The summed E-state index contributed by atoms with van der Waals surface area (Å²) in [5.41, 5.74) is -1.29. The maximum absolute atomic E-state index is 13.2. The lowest BCUT2D eigenvalue weighted by Crippen LogP contribution is -2.11. The van der Waals surface area contributed by atoms with Crippen LogP contribution in [0, 0.1) is 0 Å². The van der Waals surface area contributed by atoms with Gasteiger partial charge >= 0.3 is 0 Å². The highest BCUT2D eigenvalue weighted by Gasteiger charge is 2.30. The van der Waals surface area contributed by atoms with Gasteiger partial charge in [0.15, 0.2) is 0 Å². The van der Waals surface area contributed by atoms with E-state index in [1.165, 1.54) is 28.3 Å². The molecule has 0 saturated heterocycles. The van der Waals surface area contributed by atoms with Crippen LogP contribution in [-0.2, 0) is 4.57 Å². The zero-order valence-corrected chi connectivity index (χ0v) is 13.4. The number of halogens is 1. The summed E-state index contributed by atoms with van der Waals surface area (Å²) in [6.45, 7) is 5.73. The summed E-state index contributed by atoms with van der Waals surface area (Å²) in [4.78, 5) is 0. The Labute approximate surface area is 111 Å². The van der Waals surface area contributed by atoms with Gasteiger partial charge in [0.2, 0.25) is 0 Å². The molecule has 0 aliphatic carbocycles. The number of thiocarbonyl (C=S) groups is 1. The number of hydrogen-bond donors (Lipinski definition) is 0. The quantitative estimate of drug-likeness (QED) is 0.481. The standard InChI is InChI=1S/C9H19FNOPS3/c1-5-9(10)6-15-13(12,11(4)7-14)16-8(2)3/h7-9H,5-6H2,1-4H3. The van der Waals surface area contributed by atoms with Crippen molar-refractivity contribution in [3.05, 3.63) is 0 Å². The van der Waals surface area contributed by atoms with Crippen LogP contribution < -0.4 is 0 Å². The molecule has 0 aromatic heterocycles. The van der Waals surface area contributed by atoms with Crippen LogP contribution in [0.1, 0.15) is 27.2 Å². The molecule has 96 valence electrons. The molecule has 0 aromatic carbocycles. The van der Waals surface area contributed by atoms with Crippen molar-refractivity contribution in [3.63, 3.8) is 0 Å². The van der Waals surface area contributed by atoms with Crippen LogP contribution >= 0.6 is 40.7 Å². The molecule has 0 saturated carbocycles. The molecular weight excluding hydrogens is 284 g/mol. The van der Waals surface area contributed by atoms with Crippen LogP contribution in [0.2, 0.25) is 0 Å². The highest BCUT2D eigenvalue weighted by molar-refractivity contribution is 8.90. The fourth-order valence-corrected chi connectivity index (χ4v) is 9.95. The topological polar surface area (TPSA) is 20.3 Å². The van der Waals surface area contributed by atoms with Crippen LogP contribution in [-0.4, -0.2) is 34.4 Å². The number of nitrogens with zero attached hydrogens (tertiary/aromatic N) is 1. The Morgan fingerprint density at radius 3 is 2.50 bits per heavy atom. The predicted molar refractivity (Wildman–Crippen MR) is 79.4 cm³/mol. The molecule has 16 heavy (non-hydrogen) atoms. The largest absolute Gasteiger partial charge is 0.307 e. The molecule has 2 unspecified atom stereocenters. The van der Waals surface area contributed by atoms with Gasteiger partial charge < -0.3 is 4.67 Å². The van der Waals surface area contributed by atoms with Crippen LogP contribution in [0.3, 0.4) is 0 Å². The Bertz CT molecular complexity index is 265. The summed E-state index contributed by atoms with van der Waals surface area (Å²) in [7, 11) is 1.69. The fourth-order valence-electron chi connectivity index (χ4n) is 0.813. The Morgan fingerprint density at radius 1 is 1.56 bits per heavy atom. The van der Waals surface area contributed by atoms with E-state index in [9.17, 15) is 8.96 Å². The lowest BCUT2D eigenvalue weighted by atomic mass is 10.3. The van der Waals surface area contributed by atoms with E-state index in [1.54, 1.807) is 18.6 Å². The Hall–Kier alpha value is 0.750. The number of alkyl halides is 1. The smallest absolute Gasteiger partial charge is 0.280 e. The minimum atomic E-state index is -2.67. The van der Waals surface area contributed by atoms with Gasteiger partial charge in [0.1, 0.15) is 6.17 Å². The monoisotopic (exact) mass is 303 g/mol. The van der Waals surface area contributed by atoms with Crippen molar-refractivity contribution in [2.75, 3.05) is 12.8 Å². The third-order valence-corrected chi connectivity index (χ3v) is 11.4. The molecule has 0 heterocycles. The molecule has 2 atom stereocenters. The zero-order chi connectivity index (χ0) is 12.8. The molecule has 2 nitrogen and oxygen atoms in total. The summed E-state index contributed by atoms with van der Waals surface area (Å²) < 4.78 is 27.3. The van der Waals surface area contributed by atoms with Gasteiger partial charge in [-0.1, -0.05) is 55.8 Å². The fraction of sp³-hybridized carbons (Fsp3) is 0.889. The minimum Gasteiger partial charge on any atom is -0.307 e. The molecule has 0 aromatic rings. The molecule has 0 amide bonds.